The number of fused-ring (bicyclic) bond motifs is 1. The van der Waals surface area contributed by atoms with E-state index in [0.717, 1.165) is 5.56 Å². The van der Waals surface area contributed by atoms with Gasteiger partial charge in [-0.05, 0) is 35.2 Å². The molecule has 0 spiro atoms. The second-order valence-electron chi connectivity index (χ2n) is 8.96. The van der Waals surface area contributed by atoms with Gasteiger partial charge in [-0.3, -0.25) is 4.79 Å². The molecular weight excluding hydrogens is 428 g/mol. The maximum atomic E-state index is 13.1. The summed E-state index contributed by atoms with van der Waals surface area (Å²) in [5.41, 5.74) is 0.674. The van der Waals surface area contributed by atoms with Gasteiger partial charge in [0.2, 0.25) is 10.0 Å². The highest BCUT2D eigenvalue weighted by atomic mass is 32.2. The monoisotopic (exact) mass is 454 g/mol. The molecule has 8 heteroatoms. The zero-order valence-corrected chi connectivity index (χ0v) is 19.2. The predicted octanol–water partition coefficient (Wildman–Crippen LogP) is 3.24. The van der Waals surface area contributed by atoms with E-state index in [1.807, 2.05) is 12.1 Å². The van der Waals surface area contributed by atoms with E-state index in [1.165, 1.54) is 15.3 Å². The zero-order valence-electron chi connectivity index (χ0n) is 18.4. The Morgan fingerprint density at radius 1 is 0.938 bits per heavy atom. The van der Waals surface area contributed by atoms with Gasteiger partial charge in [-0.15, -0.1) is 0 Å². The second-order valence-corrected chi connectivity index (χ2v) is 10.9. The van der Waals surface area contributed by atoms with Crippen LogP contribution in [0.4, 0.5) is 0 Å². The van der Waals surface area contributed by atoms with Gasteiger partial charge >= 0.3 is 5.63 Å². The number of carbonyl (C=O) groups is 1. The Labute approximate surface area is 187 Å². The average molecular weight is 455 g/mol. The fourth-order valence-electron chi connectivity index (χ4n) is 3.79. The Morgan fingerprint density at radius 2 is 1.56 bits per heavy atom. The number of amides is 1. The number of piperazine rings is 1. The highest BCUT2D eigenvalue weighted by molar-refractivity contribution is 7.89. The number of nitrogens with zero attached hydrogens (tertiary/aromatic N) is 2. The fourth-order valence-corrected chi connectivity index (χ4v) is 5.21. The molecule has 1 amide bonds. The minimum atomic E-state index is -3.66. The lowest BCUT2D eigenvalue weighted by molar-refractivity contribution is 0.0694. The van der Waals surface area contributed by atoms with Crippen molar-refractivity contribution in [3.05, 3.63) is 76.1 Å². The van der Waals surface area contributed by atoms with Crippen LogP contribution in [0.5, 0.6) is 0 Å². The molecule has 0 radical (unpaired) electrons. The van der Waals surface area contributed by atoms with Gasteiger partial charge in [0.05, 0.1) is 4.90 Å². The van der Waals surface area contributed by atoms with Crippen molar-refractivity contribution in [2.24, 2.45) is 0 Å². The van der Waals surface area contributed by atoms with E-state index < -0.39 is 21.6 Å². The topological polar surface area (TPSA) is 87.9 Å². The molecular formula is C24H26N2O5S. The van der Waals surface area contributed by atoms with E-state index >= 15 is 0 Å². The van der Waals surface area contributed by atoms with Crippen LogP contribution in [0.1, 0.15) is 36.7 Å². The Kier molecular flexibility index (Phi) is 5.68. The molecule has 0 aliphatic carbocycles. The standard InChI is InChI=1S/C24H26N2O5S/c1-24(2,3)18-8-10-19(11-9-18)32(29,30)26-14-12-25(13-15-26)22(27)20-16-17-6-4-5-7-21(17)31-23(20)28/h4-11,16H,12-15H2,1-3H3. The predicted molar refractivity (Wildman–Crippen MR) is 122 cm³/mol. The molecule has 0 N–H and O–H groups in total. The summed E-state index contributed by atoms with van der Waals surface area (Å²) in [6.45, 7) is 6.94. The van der Waals surface area contributed by atoms with Crippen LogP contribution in [0.15, 0.2) is 68.7 Å². The third-order valence-electron chi connectivity index (χ3n) is 5.76. The summed E-state index contributed by atoms with van der Waals surface area (Å²) in [5.74, 6) is -0.448. The molecule has 2 aromatic carbocycles. The quantitative estimate of drug-likeness (QED) is 0.567. The van der Waals surface area contributed by atoms with Crippen LogP contribution in [-0.2, 0) is 15.4 Å². The van der Waals surface area contributed by atoms with Crippen molar-refractivity contribution >= 4 is 26.9 Å². The lowest BCUT2D eigenvalue weighted by Gasteiger charge is -2.34. The maximum absolute atomic E-state index is 13.1. The van der Waals surface area contributed by atoms with Crippen molar-refractivity contribution in [2.45, 2.75) is 31.1 Å². The molecule has 2 heterocycles. The number of carbonyl (C=O) groups excluding carboxylic acids is 1. The third kappa shape index (κ3) is 4.20. The number of hydrogen-bond acceptors (Lipinski definition) is 5. The number of rotatable bonds is 3. The number of hydrogen-bond donors (Lipinski definition) is 0. The molecule has 32 heavy (non-hydrogen) atoms. The average Bonchev–Trinajstić information content (AvgIpc) is 2.78. The summed E-state index contributed by atoms with van der Waals surface area (Å²) >= 11 is 0. The van der Waals surface area contributed by atoms with E-state index in [1.54, 1.807) is 36.4 Å². The van der Waals surface area contributed by atoms with Crippen LogP contribution in [-0.4, -0.2) is 49.7 Å². The summed E-state index contributed by atoms with van der Waals surface area (Å²) in [6, 6.07) is 15.5. The zero-order chi connectivity index (χ0) is 23.1. The van der Waals surface area contributed by atoms with Crippen LogP contribution in [0.25, 0.3) is 11.0 Å². The van der Waals surface area contributed by atoms with Crippen molar-refractivity contribution < 1.29 is 17.6 Å². The number of benzene rings is 2. The SMILES string of the molecule is CC(C)(C)c1ccc(S(=O)(=O)N2CCN(C(=O)c3cc4ccccc4oc3=O)CC2)cc1. The molecule has 1 aliphatic heterocycles. The molecule has 0 unspecified atom stereocenters. The molecule has 0 saturated carbocycles. The molecule has 1 aromatic heterocycles. The lowest BCUT2D eigenvalue weighted by Crippen LogP contribution is -2.51. The molecule has 0 bridgehead atoms. The van der Waals surface area contributed by atoms with Gasteiger partial charge in [0.25, 0.3) is 5.91 Å². The highest BCUT2D eigenvalue weighted by Gasteiger charge is 2.31. The van der Waals surface area contributed by atoms with Crippen LogP contribution in [0.3, 0.4) is 0 Å². The maximum Gasteiger partial charge on any atom is 0.349 e. The Balaban J connectivity index is 1.48. The van der Waals surface area contributed by atoms with Crippen LogP contribution in [0, 0.1) is 0 Å². The minimum Gasteiger partial charge on any atom is -0.422 e. The molecule has 1 fully saturated rings. The second kappa shape index (κ2) is 8.18. The van der Waals surface area contributed by atoms with Crippen LogP contribution < -0.4 is 5.63 Å². The van der Waals surface area contributed by atoms with Gasteiger partial charge in [-0.1, -0.05) is 51.1 Å². The van der Waals surface area contributed by atoms with Gasteiger partial charge in [0.1, 0.15) is 11.1 Å². The molecule has 168 valence electrons. The number of sulfonamides is 1. The van der Waals surface area contributed by atoms with Gasteiger partial charge in [0, 0.05) is 31.6 Å². The molecule has 7 nitrogen and oxygen atoms in total. The summed E-state index contributed by atoms with van der Waals surface area (Å²) < 4.78 is 32.7. The van der Waals surface area contributed by atoms with Gasteiger partial charge in [0.15, 0.2) is 0 Å². The normalized spacial score (nSPS) is 15.8. The first kappa shape index (κ1) is 22.2. The van der Waals surface area contributed by atoms with E-state index in [4.69, 9.17) is 4.42 Å². The van der Waals surface area contributed by atoms with Gasteiger partial charge in [-0.25, -0.2) is 13.2 Å². The fraction of sp³-hybridized carbons (Fsp3) is 0.333. The van der Waals surface area contributed by atoms with Gasteiger partial charge in [-0.2, -0.15) is 4.31 Å². The molecule has 1 aliphatic rings. The molecule has 3 aromatic rings. The van der Waals surface area contributed by atoms with Crippen molar-refractivity contribution in [3.63, 3.8) is 0 Å². The third-order valence-corrected chi connectivity index (χ3v) is 7.67. The lowest BCUT2D eigenvalue weighted by atomic mass is 9.87. The Morgan fingerprint density at radius 3 is 2.19 bits per heavy atom. The summed E-state index contributed by atoms with van der Waals surface area (Å²) in [7, 11) is -3.66. The highest BCUT2D eigenvalue weighted by Crippen LogP contribution is 2.25. The summed E-state index contributed by atoms with van der Waals surface area (Å²) in [6.07, 6.45) is 0. The minimum absolute atomic E-state index is 0.0437. The molecule has 4 rings (SSSR count). The first-order valence-electron chi connectivity index (χ1n) is 10.5. The van der Waals surface area contributed by atoms with Crippen molar-refractivity contribution in [1.29, 1.82) is 0 Å². The smallest absolute Gasteiger partial charge is 0.349 e. The largest absolute Gasteiger partial charge is 0.422 e. The molecule has 0 atom stereocenters. The van der Waals surface area contributed by atoms with Crippen molar-refractivity contribution in [3.8, 4) is 0 Å². The van der Waals surface area contributed by atoms with Crippen LogP contribution in [0.2, 0.25) is 0 Å². The first-order valence-corrected chi connectivity index (χ1v) is 11.9. The van der Waals surface area contributed by atoms with E-state index in [-0.39, 0.29) is 42.1 Å². The van der Waals surface area contributed by atoms with Gasteiger partial charge < -0.3 is 9.32 Å². The van der Waals surface area contributed by atoms with Crippen molar-refractivity contribution in [2.75, 3.05) is 26.2 Å². The van der Waals surface area contributed by atoms with E-state index in [9.17, 15) is 18.0 Å². The van der Waals surface area contributed by atoms with E-state index in [0.29, 0.717) is 11.0 Å². The first-order chi connectivity index (χ1) is 15.1. The Hall–Kier alpha value is -2.97. The Bertz CT molecular complexity index is 1310. The molecule has 1 saturated heterocycles. The number of para-hydroxylation sites is 1. The summed E-state index contributed by atoms with van der Waals surface area (Å²) in [4.78, 5) is 27.0. The van der Waals surface area contributed by atoms with Crippen molar-refractivity contribution in [1.82, 2.24) is 9.21 Å². The van der Waals surface area contributed by atoms with Crippen LogP contribution >= 0.6 is 0 Å². The van der Waals surface area contributed by atoms with E-state index in [2.05, 4.69) is 20.8 Å². The summed E-state index contributed by atoms with van der Waals surface area (Å²) in [5, 5.41) is 0.662.